The number of halogens is 3. The molecule has 126 valence electrons. The van der Waals surface area contributed by atoms with E-state index in [4.69, 9.17) is 0 Å². The lowest BCUT2D eigenvalue weighted by Gasteiger charge is -2.19. The van der Waals surface area contributed by atoms with Gasteiger partial charge in [-0.3, -0.25) is 4.79 Å². The molecule has 0 aliphatic carbocycles. The summed E-state index contributed by atoms with van der Waals surface area (Å²) in [4.78, 5) is 12.9. The number of benzene rings is 2. The topological polar surface area (TPSA) is 20.3 Å². The van der Waals surface area contributed by atoms with Gasteiger partial charge in [-0.25, -0.2) is 0 Å². The average molecular weight is 333 g/mol. The van der Waals surface area contributed by atoms with Gasteiger partial charge >= 0.3 is 6.18 Å². The Morgan fingerprint density at radius 2 is 1.71 bits per heavy atom. The van der Waals surface area contributed by atoms with Crippen LogP contribution in [0.2, 0.25) is 0 Å². The Labute approximate surface area is 138 Å². The van der Waals surface area contributed by atoms with E-state index in [1.54, 1.807) is 24.3 Å². The van der Waals surface area contributed by atoms with Crippen LogP contribution in [0.4, 0.5) is 18.9 Å². The maximum absolute atomic E-state index is 12.6. The highest BCUT2D eigenvalue weighted by atomic mass is 19.4. The van der Waals surface area contributed by atoms with Gasteiger partial charge in [0, 0.05) is 24.3 Å². The molecule has 2 nitrogen and oxygen atoms in total. The zero-order chi connectivity index (χ0) is 17.2. The van der Waals surface area contributed by atoms with Crippen molar-refractivity contribution >= 4 is 12.0 Å². The third-order valence-electron chi connectivity index (χ3n) is 4.49. The van der Waals surface area contributed by atoms with Crippen LogP contribution in [0.15, 0.2) is 48.5 Å². The van der Waals surface area contributed by atoms with E-state index in [-0.39, 0.29) is 0 Å². The van der Waals surface area contributed by atoms with Gasteiger partial charge in [0.2, 0.25) is 0 Å². The molecular weight excluding hydrogens is 315 g/mol. The van der Waals surface area contributed by atoms with Crippen LogP contribution in [0.1, 0.15) is 27.9 Å². The van der Waals surface area contributed by atoms with Crippen molar-refractivity contribution in [2.75, 3.05) is 18.0 Å². The minimum atomic E-state index is -4.28. The molecule has 1 aliphatic rings. The van der Waals surface area contributed by atoms with Crippen LogP contribution in [0.5, 0.6) is 0 Å². The maximum Gasteiger partial charge on any atom is 0.416 e. The Bertz CT molecular complexity index is 692. The Balaban J connectivity index is 1.60. The Hall–Kier alpha value is -2.30. The zero-order valence-corrected chi connectivity index (χ0v) is 13.1. The lowest BCUT2D eigenvalue weighted by atomic mass is 9.98. The molecule has 0 amide bonds. The van der Waals surface area contributed by atoms with E-state index in [1.807, 2.05) is 12.1 Å². The number of carbonyl (C=O) groups excluding carboxylic acids is 1. The van der Waals surface area contributed by atoms with E-state index < -0.39 is 11.7 Å². The van der Waals surface area contributed by atoms with Crippen molar-refractivity contribution < 1.29 is 18.0 Å². The summed E-state index contributed by atoms with van der Waals surface area (Å²) in [6, 6.07) is 12.9. The molecule has 0 N–H and O–H groups in total. The fourth-order valence-electron chi connectivity index (χ4n) is 3.16. The van der Waals surface area contributed by atoms with E-state index in [9.17, 15) is 18.0 Å². The molecule has 5 heteroatoms. The van der Waals surface area contributed by atoms with Gasteiger partial charge in [0.05, 0.1) is 5.56 Å². The van der Waals surface area contributed by atoms with Gasteiger partial charge < -0.3 is 4.90 Å². The van der Waals surface area contributed by atoms with Crippen molar-refractivity contribution in [2.24, 2.45) is 5.92 Å². The third-order valence-corrected chi connectivity index (χ3v) is 4.49. The average Bonchev–Trinajstić information content (AvgIpc) is 3.03. The van der Waals surface area contributed by atoms with Crippen molar-refractivity contribution in [2.45, 2.75) is 19.0 Å². The monoisotopic (exact) mass is 333 g/mol. The molecule has 0 aromatic heterocycles. The fourth-order valence-corrected chi connectivity index (χ4v) is 3.16. The molecule has 1 atom stereocenters. The van der Waals surface area contributed by atoms with Gasteiger partial charge in [-0.1, -0.05) is 12.1 Å². The molecule has 2 aromatic rings. The number of carbonyl (C=O) groups is 1. The largest absolute Gasteiger partial charge is 0.416 e. The van der Waals surface area contributed by atoms with Gasteiger partial charge in [0.25, 0.3) is 0 Å². The molecule has 1 heterocycles. The van der Waals surface area contributed by atoms with Crippen molar-refractivity contribution in [1.29, 1.82) is 0 Å². The van der Waals surface area contributed by atoms with Crippen molar-refractivity contribution in [3.63, 3.8) is 0 Å². The summed E-state index contributed by atoms with van der Waals surface area (Å²) in [6.45, 7) is 1.80. The summed E-state index contributed by atoms with van der Waals surface area (Å²) in [7, 11) is 0. The summed E-state index contributed by atoms with van der Waals surface area (Å²) in [6.07, 6.45) is -1.67. The van der Waals surface area contributed by atoms with Gasteiger partial charge in [-0.05, 0) is 60.7 Å². The van der Waals surface area contributed by atoms with E-state index >= 15 is 0 Å². The quantitative estimate of drug-likeness (QED) is 0.763. The van der Waals surface area contributed by atoms with E-state index in [2.05, 4.69) is 4.90 Å². The van der Waals surface area contributed by atoms with Crippen LogP contribution in [0.3, 0.4) is 0 Å². The van der Waals surface area contributed by atoms with Crippen LogP contribution in [-0.4, -0.2) is 19.4 Å². The highest BCUT2D eigenvalue weighted by Gasteiger charge is 2.30. The van der Waals surface area contributed by atoms with Crippen molar-refractivity contribution in [1.82, 2.24) is 0 Å². The molecule has 0 spiro atoms. The second-order valence-electron chi connectivity index (χ2n) is 6.21. The summed E-state index contributed by atoms with van der Waals surface area (Å²) < 4.78 is 37.8. The zero-order valence-electron chi connectivity index (χ0n) is 13.1. The predicted molar refractivity (Wildman–Crippen MR) is 87.3 cm³/mol. The molecule has 2 aromatic carbocycles. The molecule has 1 fully saturated rings. The third kappa shape index (κ3) is 3.78. The van der Waals surface area contributed by atoms with Crippen molar-refractivity contribution in [3.05, 3.63) is 65.2 Å². The molecule has 24 heavy (non-hydrogen) atoms. The highest BCUT2D eigenvalue weighted by molar-refractivity contribution is 5.75. The van der Waals surface area contributed by atoms with Crippen LogP contribution in [0.25, 0.3) is 0 Å². The Morgan fingerprint density at radius 1 is 1.04 bits per heavy atom. The SMILES string of the molecule is O=Cc1ccc(N2CCC(Cc3ccc(C(F)(F)F)cc3)C2)cc1. The number of anilines is 1. The molecule has 0 bridgehead atoms. The molecule has 1 unspecified atom stereocenters. The highest BCUT2D eigenvalue weighted by Crippen LogP contribution is 2.30. The fraction of sp³-hybridized carbons (Fsp3) is 0.316. The summed E-state index contributed by atoms with van der Waals surface area (Å²) in [5.74, 6) is 0.424. The number of hydrogen-bond acceptors (Lipinski definition) is 2. The second kappa shape index (κ2) is 6.67. The molecule has 0 saturated carbocycles. The van der Waals surface area contributed by atoms with Crippen LogP contribution >= 0.6 is 0 Å². The lowest BCUT2D eigenvalue weighted by molar-refractivity contribution is -0.137. The molecule has 3 rings (SSSR count). The van der Waals surface area contributed by atoms with Crippen LogP contribution in [-0.2, 0) is 12.6 Å². The van der Waals surface area contributed by atoms with E-state index in [0.717, 1.165) is 55.6 Å². The summed E-state index contributed by atoms with van der Waals surface area (Å²) in [5, 5.41) is 0. The maximum atomic E-state index is 12.6. The smallest absolute Gasteiger partial charge is 0.371 e. The van der Waals surface area contributed by atoms with Crippen molar-refractivity contribution in [3.8, 4) is 0 Å². The van der Waals surface area contributed by atoms with E-state index in [1.165, 1.54) is 0 Å². The molecule has 1 aliphatic heterocycles. The Morgan fingerprint density at radius 3 is 2.29 bits per heavy atom. The lowest BCUT2D eigenvalue weighted by Crippen LogP contribution is -2.20. The number of rotatable bonds is 4. The summed E-state index contributed by atoms with van der Waals surface area (Å²) >= 11 is 0. The van der Waals surface area contributed by atoms with E-state index in [0.29, 0.717) is 11.5 Å². The minimum Gasteiger partial charge on any atom is -0.371 e. The van der Waals surface area contributed by atoms with Crippen LogP contribution < -0.4 is 4.90 Å². The number of aldehydes is 1. The normalized spacial score (nSPS) is 18.0. The minimum absolute atomic E-state index is 0.424. The number of hydrogen-bond donors (Lipinski definition) is 0. The summed E-state index contributed by atoms with van der Waals surface area (Å²) in [5.41, 5.74) is 2.07. The number of alkyl halides is 3. The predicted octanol–water partition coefficient (Wildman–Crippen LogP) is 4.59. The molecule has 1 saturated heterocycles. The first-order valence-corrected chi connectivity index (χ1v) is 7.92. The Kier molecular flexibility index (Phi) is 4.60. The van der Waals surface area contributed by atoms with Gasteiger partial charge in [-0.2, -0.15) is 13.2 Å². The molecular formula is C19H18F3NO. The first-order valence-electron chi connectivity index (χ1n) is 7.92. The van der Waals surface area contributed by atoms with Gasteiger partial charge in [0.15, 0.2) is 0 Å². The van der Waals surface area contributed by atoms with Gasteiger partial charge in [-0.15, -0.1) is 0 Å². The standard InChI is InChI=1S/C19H18F3NO/c20-19(21,22)17-5-1-14(2-6-17)11-16-9-10-23(12-16)18-7-3-15(13-24)4-8-18/h1-8,13,16H,9-12H2. The molecule has 0 radical (unpaired) electrons. The second-order valence-corrected chi connectivity index (χ2v) is 6.21. The first kappa shape index (κ1) is 16.6. The first-order chi connectivity index (χ1) is 11.5. The van der Waals surface area contributed by atoms with Crippen LogP contribution in [0, 0.1) is 5.92 Å². The number of nitrogens with zero attached hydrogens (tertiary/aromatic N) is 1. The van der Waals surface area contributed by atoms with Gasteiger partial charge in [0.1, 0.15) is 6.29 Å².